The highest BCUT2D eigenvalue weighted by atomic mass is 16.5. The maximum absolute atomic E-state index is 12.8. The first-order valence-electron chi connectivity index (χ1n) is 9.40. The van der Waals surface area contributed by atoms with Gasteiger partial charge in [-0.3, -0.25) is 14.4 Å². The average molecular weight is 392 g/mol. The Hall–Kier alpha value is -2.77. The zero-order chi connectivity index (χ0) is 20.7. The molecule has 1 N–H and O–H groups in total. The molecule has 0 bridgehead atoms. The molecular weight excluding hydrogens is 364 g/mol. The van der Waals surface area contributed by atoms with Crippen molar-refractivity contribution in [2.45, 2.75) is 45.3 Å². The number of carbonyl (C=O) groups excluding carboxylic acids is 2. The van der Waals surface area contributed by atoms with Crippen molar-refractivity contribution < 1.29 is 29.0 Å². The number of aliphatic carboxylic acids is 1. The summed E-state index contributed by atoms with van der Waals surface area (Å²) in [5, 5.41) is 9.04. The number of carboxylic acid groups (broad SMARTS) is 1. The van der Waals surface area contributed by atoms with Crippen molar-refractivity contribution in [3.63, 3.8) is 0 Å². The van der Waals surface area contributed by atoms with Crippen LogP contribution >= 0.6 is 0 Å². The number of nitrogens with zero attached hydrogens (tertiary/aromatic N) is 2. The van der Waals surface area contributed by atoms with E-state index in [1.54, 1.807) is 43.2 Å². The number of rotatable bonds is 7. The fourth-order valence-electron chi connectivity index (χ4n) is 3.42. The number of amides is 2. The molecule has 0 aliphatic carbocycles. The Labute approximate surface area is 165 Å². The summed E-state index contributed by atoms with van der Waals surface area (Å²) >= 11 is 0. The fourth-order valence-corrected chi connectivity index (χ4v) is 3.42. The van der Waals surface area contributed by atoms with E-state index < -0.39 is 12.1 Å². The summed E-state index contributed by atoms with van der Waals surface area (Å²) in [6, 6.07) is 6.85. The Bertz CT molecular complexity index is 690. The van der Waals surface area contributed by atoms with Gasteiger partial charge < -0.3 is 24.4 Å². The molecule has 8 heteroatoms. The molecule has 0 saturated carbocycles. The fraction of sp³-hybridized carbons (Fsp3) is 0.550. The second-order valence-corrected chi connectivity index (χ2v) is 6.89. The van der Waals surface area contributed by atoms with Gasteiger partial charge in [0.25, 0.3) is 5.91 Å². The van der Waals surface area contributed by atoms with Crippen molar-refractivity contribution in [2.24, 2.45) is 0 Å². The van der Waals surface area contributed by atoms with Crippen LogP contribution in [0.1, 0.15) is 33.1 Å². The lowest BCUT2D eigenvalue weighted by Gasteiger charge is -2.29. The molecule has 0 aromatic heterocycles. The average Bonchev–Trinajstić information content (AvgIpc) is 2.91. The highest BCUT2D eigenvalue weighted by molar-refractivity contribution is 5.81. The van der Waals surface area contributed by atoms with Crippen LogP contribution in [0.3, 0.4) is 0 Å². The van der Waals surface area contributed by atoms with E-state index in [-0.39, 0.29) is 24.4 Å². The third-order valence-electron chi connectivity index (χ3n) is 4.88. The van der Waals surface area contributed by atoms with Gasteiger partial charge in [-0.1, -0.05) is 0 Å². The largest absolute Gasteiger partial charge is 0.497 e. The predicted octanol–water partition coefficient (Wildman–Crippen LogP) is 1.78. The monoisotopic (exact) mass is 392 g/mol. The molecule has 0 spiro atoms. The topological polar surface area (TPSA) is 96.4 Å². The Balaban J connectivity index is 1.94. The van der Waals surface area contributed by atoms with Crippen LogP contribution in [0, 0.1) is 0 Å². The van der Waals surface area contributed by atoms with Crippen molar-refractivity contribution in [3.8, 4) is 11.5 Å². The van der Waals surface area contributed by atoms with E-state index in [9.17, 15) is 14.4 Å². The molecule has 28 heavy (non-hydrogen) atoms. The first-order valence-corrected chi connectivity index (χ1v) is 9.40. The summed E-state index contributed by atoms with van der Waals surface area (Å²) in [6.45, 7) is 3.79. The second kappa shape index (κ2) is 9.96. The third kappa shape index (κ3) is 5.87. The third-order valence-corrected chi connectivity index (χ3v) is 4.88. The molecule has 1 aromatic rings. The van der Waals surface area contributed by atoms with E-state index in [1.165, 1.54) is 11.8 Å². The summed E-state index contributed by atoms with van der Waals surface area (Å²) < 4.78 is 10.9. The number of methoxy groups -OCH3 is 1. The van der Waals surface area contributed by atoms with Crippen molar-refractivity contribution in [1.29, 1.82) is 0 Å². The van der Waals surface area contributed by atoms with Gasteiger partial charge in [0.2, 0.25) is 5.91 Å². The Morgan fingerprint density at radius 2 is 1.82 bits per heavy atom. The zero-order valence-electron chi connectivity index (χ0n) is 16.6. The molecular formula is C20H28N2O6. The maximum Gasteiger partial charge on any atom is 0.323 e. The lowest BCUT2D eigenvalue weighted by atomic mass is 10.1. The number of benzene rings is 1. The molecule has 8 nitrogen and oxygen atoms in total. The predicted molar refractivity (Wildman–Crippen MR) is 102 cm³/mol. The van der Waals surface area contributed by atoms with Gasteiger partial charge in [0, 0.05) is 26.1 Å². The molecule has 1 saturated heterocycles. The van der Waals surface area contributed by atoms with E-state index in [2.05, 4.69) is 0 Å². The number of ether oxygens (including phenoxy) is 2. The SMILES string of the molecule is COc1ccc(OC(C)C(=O)N2CCCC(N(CC(=O)O)C(C)=O)CC2)cc1. The Kier molecular flexibility index (Phi) is 7.66. The summed E-state index contributed by atoms with van der Waals surface area (Å²) in [5.74, 6) is -0.124. The van der Waals surface area contributed by atoms with Gasteiger partial charge in [-0.05, 0) is 50.5 Å². The van der Waals surface area contributed by atoms with E-state index in [0.717, 1.165) is 0 Å². The quantitative estimate of drug-likeness (QED) is 0.760. The minimum atomic E-state index is -1.03. The van der Waals surface area contributed by atoms with Crippen LogP contribution in [0.2, 0.25) is 0 Å². The standard InChI is InChI=1S/C20H28N2O6/c1-14(28-18-8-6-17(27-3)7-9-18)20(26)21-11-4-5-16(10-12-21)22(15(2)23)13-19(24)25/h6-9,14,16H,4-5,10-13H2,1-3H3,(H,24,25). The van der Waals surface area contributed by atoms with E-state index in [0.29, 0.717) is 43.9 Å². The van der Waals surface area contributed by atoms with Crippen LogP contribution in [-0.4, -0.2) is 71.6 Å². The molecule has 2 amide bonds. The highest BCUT2D eigenvalue weighted by Crippen LogP contribution is 2.21. The molecule has 2 rings (SSSR count). The molecule has 1 heterocycles. The number of hydrogen-bond acceptors (Lipinski definition) is 5. The van der Waals surface area contributed by atoms with Gasteiger partial charge in [0.05, 0.1) is 7.11 Å². The van der Waals surface area contributed by atoms with Crippen LogP contribution in [0.15, 0.2) is 24.3 Å². The van der Waals surface area contributed by atoms with Gasteiger partial charge in [-0.15, -0.1) is 0 Å². The minimum Gasteiger partial charge on any atom is -0.497 e. The minimum absolute atomic E-state index is 0.121. The van der Waals surface area contributed by atoms with Gasteiger partial charge in [-0.25, -0.2) is 0 Å². The summed E-state index contributed by atoms with van der Waals surface area (Å²) in [4.78, 5) is 38.7. The Morgan fingerprint density at radius 3 is 2.39 bits per heavy atom. The van der Waals surface area contributed by atoms with E-state index >= 15 is 0 Å². The van der Waals surface area contributed by atoms with Crippen molar-refractivity contribution >= 4 is 17.8 Å². The zero-order valence-corrected chi connectivity index (χ0v) is 16.6. The van der Waals surface area contributed by atoms with Crippen LogP contribution in [-0.2, 0) is 14.4 Å². The van der Waals surface area contributed by atoms with Gasteiger partial charge in [0.15, 0.2) is 6.10 Å². The molecule has 2 atom stereocenters. The van der Waals surface area contributed by atoms with Gasteiger partial charge >= 0.3 is 5.97 Å². The summed E-state index contributed by atoms with van der Waals surface area (Å²) in [5.41, 5.74) is 0. The molecule has 1 aliphatic rings. The van der Waals surface area contributed by atoms with Crippen molar-refractivity contribution in [1.82, 2.24) is 9.80 Å². The lowest BCUT2D eigenvalue weighted by molar-refractivity contribution is -0.145. The number of carboxylic acids is 1. The van der Waals surface area contributed by atoms with Gasteiger partial charge in [0.1, 0.15) is 18.0 Å². The van der Waals surface area contributed by atoms with E-state index in [1.807, 2.05) is 0 Å². The van der Waals surface area contributed by atoms with Crippen LogP contribution in [0.5, 0.6) is 11.5 Å². The highest BCUT2D eigenvalue weighted by Gasteiger charge is 2.29. The molecule has 0 radical (unpaired) electrons. The molecule has 154 valence electrons. The molecule has 1 aromatic carbocycles. The van der Waals surface area contributed by atoms with Crippen molar-refractivity contribution in [3.05, 3.63) is 24.3 Å². The van der Waals surface area contributed by atoms with Gasteiger partial charge in [-0.2, -0.15) is 0 Å². The first kappa shape index (κ1) is 21.5. The number of carbonyl (C=O) groups is 3. The maximum atomic E-state index is 12.8. The van der Waals surface area contributed by atoms with Crippen LogP contribution in [0.4, 0.5) is 0 Å². The summed E-state index contributed by atoms with van der Waals surface area (Å²) in [6.07, 6.45) is 1.28. The normalized spacial score (nSPS) is 18.0. The number of hydrogen-bond donors (Lipinski definition) is 1. The number of likely N-dealkylation sites (tertiary alicyclic amines) is 1. The smallest absolute Gasteiger partial charge is 0.323 e. The molecule has 1 aliphatic heterocycles. The van der Waals surface area contributed by atoms with Crippen LogP contribution in [0.25, 0.3) is 0 Å². The first-order chi connectivity index (χ1) is 13.3. The van der Waals surface area contributed by atoms with Crippen molar-refractivity contribution in [2.75, 3.05) is 26.7 Å². The lowest BCUT2D eigenvalue weighted by Crippen LogP contribution is -2.44. The summed E-state index contributed by atoms with van der Waals surface area (Å²) in [7, 11) is 1.58. The Morgan fingerprint density at radius 1 is 1.18 bits per heavy atom. The second-order valence-electron chi connectivity index (χ2n) is 6.89. The van der Waals surface area contributed by atoms with Crippen LogP contribution < -0.4 is 9.47 Å². The molecule has 2 unspecified atom stereocenters. The van der Waals surface area contributed by atoms with E-state index in [4.69, 9.17) is 14.6 Å². The molecule has 1 fully saturated rings.